The fourth-order valence-electron chi connectivity index (χ4n) is 9.39. The number of anilines is 3. The van der Waals surface area contributed by atoms with Gasteiger partial charge in [-0.05, 0) is 112 Å². The summed E-state index contributed by atoms with van der Waals surface area (Å²) in [5, 5.41) is 1.94. The van der Waals surface area contributed by atoms with E-state index < -0.39 is 0 Å². The second-order valence-corrected chi connectivity index (χ2v) is 15.9. The lowest BCUT2D eigenvalue weighted by molar-refractivity contribution is 0.622. The van der Waals surface area contributed by atoms with E-state index in [4.69, 9.17) is 13.8 Å². The molecule has 0 saturated carbocycles. The highest BCUT2D eigenvalue weighted by molar-refractivity contribution is 6.20. The Labute approximate surface area is 353 Å². The number of hydrogen-bond acceptors (Lipinski definition) is 4. The van der Waals surface area contributed by atoms with E-state index in [1.807, 2.05) is 48.5 Å². The molecule has 4 heteroatoms. The average Bonchev–Trinajstić information content (AvgIpc) is 3.95. The van der Waals surface area contributed by atoms with Crippen LogP contribution in [-0.4, -0.2) is 4.98 Å². The van der Waals surface area contributed by atoms with Gasteiger partial charge in [0.15, 0.2) is 5.58 Å². The molecule has 0 saturated heterocycles. The van der Waals surface area contributed by atoms with Crippen molar-refractivity contribution in [3.05, 3.63) is 229 Å². The summed E-state index contributed by atoms with van der Waals surface area (Å²) >= 11 is 0. The smallest absolute Gasteiger partial charge is 0.227 e. The van der Waals surface area contributed by atoms with Crippen molar-refractivity contribution in [1.29, 1.82) is 0 Å². The van der Waals surface area contributed by atoms with Gasteiger partial charge in [-0.25, -0.2) is 4.98 Å². The van der Waals surface area contributed by atoms with Crippen LogP contribution in [0.25, 0.3) is 77.9 Å². The second kappa shape index (κ2) is 14.4. The third-order valence-electron chi connectivity index (χ3n) is 12.3. The fourth-order valence-corrected chi connectivity index (χ4v) is 9.39. The van der Waals surface area contributed by atoms with Gasteiger partial charge in [0, 0.05) is 39.5 Å². The minimum atomic E-state index is 0.273. The molecule has 0 fully saturated rings. The van der Waals surface area contributed by atoms with E-state index in [9.17, 15) is 0 Å². The maximum absolute atomic E-state index is 6.65. The Hall–Kier alpha value is -7.95. The van der Waals surface area contributed by atoms with Gasteiger partial charge in [-0.15, -0.1) is 0 Å². The van der Waals surface area contributed by atoms with Crippen molar-refractivity contribution in [2.24, 2.45) is 0 Å². The fraction of sp³-hybridized carbons (Fsp3) is 0.0351. The molecule has 0 aliphatic heterocycles. The first-order chi connectivity index (χ1) is 30.2. The van der Waals surface area contributed by atoms with E-state index in [1.165, 1.54) is 38.9 Å². The summed E-state index contributed by atoms with van der Waals surface area (Å²) in [5.41, 5.74) is 18.3. The van der Waals surface area contributed by atoms with Crippen LogP contribution in [0.15, 0.2) is 221 Å². The molecule has 1 aliphatic carbocycles. The molecule has 0 radical (unpaired) electrons. The van der Waals surface area contributed by atoms with Crippen molar-refractivity contribution in [2.75, 3.05) is 4.90 Å². The molecule has 1 aliphatic rings. The van der Waals surface area contributed by atoms with Gasteiger partial charge in [0.25, 0.3) is 0 Å². The van der Waals surface area contributed by atoms with Gasteiger partial charge in [-0.3, -0.25) is 0 Å². The molecule has 1 unspecified atom stereocenters. The molecular formula is C57H38N2O2. The second-order valence-electron chi connectivity index (χ2n) is 15.9. The van der Waals surface area contributed by atoms with Crippen LogP contribution in [0.2, 0.25) is 0 Å². The van der Waals surface area contributed by atoms with E-state index in [0.29, 0.717) is 5.89 Å². The largest absolute Gasteiger partial charge is 0.455 e. The first-order valence-corrected chi connectivity index (χ1v) is 20.9. The molecule has 1 atom stereocenters. The van der Waals surface area contributed by atoms with Crippen molar-refractivity contribution in [3.63, 3.8) is 0 Å². The molecule has 0 spiro atoms. The first kappa shape index (κ1) is 35.0. The van der Waals surface area contributed by atoms with E-state index in [0.717, 1.165) is 73.2 Å². The predicted molar refractivity (Wildman–Crippen MR) is 250 cm³/mol. The SMILES string of the molecule is c1ccc(-c2cccc(N(c3ccc(-c4cc5nc(-c6ccccc6)oc5c5c4oc4ccccc45)cc3)c3ccc4c(c3)CC(c3ccccc3)c3ccccc3-4)c2)cc1. The van der Waals surface area contributed by atoms with Crippen LogP contribution in [0.3, 0.4) is 0 Å². The minimum Gasteiger partial charge on any atom is -0.455 e. The summed E-state index contributed by atoms with van der Waals surface area (Å²) in [4.78, 5) is 7.41. The van der Waals surface area contributed by atoms with E-state index in [-0.39, 0.29) is 5.92 Å². The lowest BCUT2D eigenvalue weighted by Crippen LogP contribution is -2.15. The number of para-hydroxylation sites is 1. The van der Waals surface area contributed by atoms with Crippen molar-refractivity contribution in [2.45, 2.75) is 12.3 Å². The maximum Gasteiger partial charge on any atom is 0.227 e. The number of benzene rings is 9. The number of rotatable bonds is 7. The molecule has 0 bridgehead atoms. The number of nitrogens with zero attached hydrogens (tertiary/aromatic N) is 2. The molecule has 0 amide bonds. The van der Waals surface area contributed by atoms with Gasteiger partial charge in [0.05, 0.1) is 5.39 Å². The molecule has 4 nitrogen and oxygen atoms in total. The lowest BCUT2D eigenvalue weighted by atomic mass is 9.75. The average molecular weight is 783 g/mol. The summed E-state index contributed by atoms with van der Waals surface area (Å²) in [5.74, 6) is 0.863. The van der Waals surface area contributed by atoms with Crippen LogP contribution in [0, 0.1) is 0 Å². The van der Waals surface area contributed by atoms with E-state index in [2.05, 4.69) is 169 Å². The van der Waals surface area contributed by atoms with Crippen LogP contribution in [0.5, 0.6) is 0 Å². The molecule has 0 N–H and O–H groups in total. The topological polar surface area (TPSA) is 42.4 Å². The maximum atomic E-state index is 6.65. The molecule has 2 aromatic heterocycles. The Morgan fingerprint density at radius 1 is 0.443 bits per heavy atom. The van der Waals surface area contributed by atoms with Crippen LogP contribution < -0.4 is 4.90 Å². The van der Waals surface area contributed by atoms with E-state index >= 15 is 0 Å². The zero-order chi connectivity index (χ0) is 40.3. The molecular weight excluding hydrogens is 745 g/mol. The van der Waals surface area contributed by atoms with Gasteiger partial charge in [-0.2, -0.15) is 0 Å². The summed E-state index contributed by atoms with van der Waals surface area (Å²) in [6, 6.07) is 75.5. The van der Waals surface area contributed by atoms with Gasteiger partial charge < -0.3 is 13.7 Å². The zero-order valence-corrected chi connectivity index (χ0v) is 33.2. The lowest BCUT2D eigenvalue weighted by Gasteiger charge is -2.31. The highest BCUT2D eigenvalue weighted by Crippen LogP contribution is 2.47. The third-order valence-corrected chi connectivity index (χ3v) is 12.3. The standard InChI is InChI=1S/C57H38N2O2/c1-4-15-37(16-5-1)41-21-14-22-44(33-41)59(45-31-32-46-42(34-45)35-50(38-17-6-2-7-18-38)48-24-11-10-23-47(46)48)43-29-27-39(28-30-43)51-36-52-56(61-57(58-52)40-19-8-3-9-20-40)54-49-25-12-13-26-53(49)60-55(51)54/h1-34,36,50H,35H2. The number of aromatic nitrogens is 1. The van der Waals surface area contributed by atoms with E-state index in [1.54, 1.807) is 0 Å². The van der Waals surface area contributed by atoms with Gasteiger partial charge >= 0.3 is 0 Å². The molecule has 9 aromatic carbocycles. The molecule has 11 aromatic rings. The Kier molecular flexibility index (Phi) is 8.27. The van der Waals surface area contributed by atoms with Crippen molar-refractivity contribution in [3.8, 4) is 44.8 Å². The van der Waals surface area contributed by atoms with Crippen molar-refractivity contribution < 1.29 is 8.83 Å². The Balaban J connectivity index is 1.00. The van der Waals surface area contributed by atoms with Gasteiger partial charge in [0.1, 0.15) is 16.7 Å². The Morgan fingerprint density at radius 3 is 1.93 bits per heavy atom. The predicted octanol–water partition coefficient (Wildman–Crippen LogP) is 15.6. The quantitative estimate of drug-likeness (QED) is 0.161. The molecule has 12 rings (SSSR count). The summed E-state index contributed by atoms with van der Waals surface area (Å²) in [6.07, 6.45) is 0.922. The minimum absolute atomic E-state index is 0.273. The normalized spacial score (nSPS) is 13.3. The van der Waals surface area contributed by atoms with Crippen LogP contribution in [0.4, 0.5) is 17.1 Å². The van der Waals surface area contributed by atoms with Crippen molar-refractivity contribution >= 4 is 50.1 Å². The number of fused-ring (bicyclic) bond motifs is 8. The van der Waals surface area contributed by atoms with Gasteiger partial charge in [0.2, 0.25) is 5.89 Å². The van der Waals surface area contributed by atoms with Crippen LogP contribution in [0.1, 0.15) is 22.6 Å². The van der Waals surface area contributed by atoms with Crippen molar-refractivity contribution in [1.82, 2.24) is 4.98 Å². The van der Waals surface area contributed by atoms with Crippen LogP contribution >= 0.6 is 0 Å². The first-order valence-electron chi connectivity index (χ1n) is 20.9. The summed E-state index contributed by atoms with van der Waals surface area (Å²) in [6.45, 7) is 0. The highest BCUT2D eigenvalue weighted by Gasteiger charge is 2.27. The monoisotopic (exact) mass is 782 g/mol. The van der Waals surface area contributed by atoms with Gasteiger partial charge in [-0.1, -0.05) is 152 Å². The third kappa shape index (κ3) is 6.03. The molecule has 288 valence electrons. The molecule has 2 heterocycles. The number of hydrogen-bond donors (Lipinski definition) is 0. The number of furan rings is 1. The summed E-state index contributed by atoms with van der Waals surface area (Å²) < 4.78 is 13.2. The summed E-state index contributed by atoms with van der Waals surface area (Å²) in [7, 11) is 0. The molecule has 61 heavy (non-hydrogen) atoms. The highest BCUT2D eigenvalue weighted by atomic mass is 16.4. The Morgan fingerprint density at radius 2 is 1.11 bits per heavy atom. The number of oxazole rings is 1. The Bertz CT molecular complexity index is 3390. The van der Waals surface area contributed by atoms with Crippen LogP contribution in [-0.2, 0) is 6.42 Å². The zero-order valence-electron chi connectivity index (χ0n) is 33.2.